The number of para-hydroxylation sites is 2. The molecule has 0 aliphatic rings. The number of phenolic OH excluding ortho intramolecular Hbond substituents is 1. The van der Waals surface area contributed by atoms with Gasteiger partial charge < -0.3 is 15.2 Å². The maximum absolute atomic E-state index is 11.7. The molecule has 0 atom stereocenters. The summed E-state index contributed by atoms with van der Waals surface area (Å²) in [5.41, 5.74) is 0.374. The quantitative estimate of drug-likeness (QED) is 0.644. The minimum Gasteiger partial charge on any atom is -0.506 e. The van der Waals surface area contributed by atoms with Crippen molar-refractivity contribution < 1.29 is 14.6 Å². The molecule has 0 aliphatic carbocycles. The van der Waals surface area contributed by atoms with Crippen LogP contribution in [0.3, 0.4) is 0 Å². The molecule has 19 heavy (non-hydrogen) atoms. The fraction of sp³-hybridized carbons (Fsp3) is 0.0714. The van der Waals surface area contributed by atoms with Crippen molar-refractivity contribution >= 4 is 34.2 Å². The smallest absolute Gasteiger partial charge is 0.262 e. The first-order valence-corrected chi connectivity index (χ1v) is 6.69. The van der Waals surface area contributed by atoms with Crippen LogP contribution in [0.15, 0.2) is 48.5 Å². The number of aromatic hydroxyl groups is 1. The summed E-state index contributed by atoms with van der Waals surface area (Å²) in [7, 11) is 0. The van der Waals surface area contributed by atoms with Crippen molar-refractivity contribution in [1.82, 2.24) is 0 Å². The molecular formula is C14H12INO3. The summed E-state index contributed by atoms with van der Waals surface area (Å²) in [5, 5.41) is 12.1. The Morgan fingerprint density at radius 3 is 2.53 bits per heavy atom. The molecule has 0 aliphatic heterocycles. The predicted octanol–water partition coefficient (Wildman–Crippen LogP) is 3.01. The van der Waals surface area contributed by atoms with Crippen molar-refractivity contribution in [3.63, 3.8) is 0 Å². The molecule has 98 valence electrons. The number of benzene rings is 2. The average molecular weight is 369 g/mol. The number of hydrogen-bond donors (Lipinski definition) is 2. The van der Waals surface area contributed by atoms with E-state index in [2.05, 4.69) is 27.9 Å². The van der Waals surface area contributed by atoms with E-state index in [0.29, 0.717) is 11.4 Å². The third kappa shape index (κ3) is 4.13. The number of anilines is 1. The van der Waals surface area contributed by atoms with Gasteiger partial charge in [0.1, 0.15) is 11.5 Å². The normalized spacial score (nSPS) is 9.95. The molecule has 0 spiro atoms. The van der Waals surface area contributed by atoms with Crippen LogP contribution in [0.4, 0.5) is 5.69 Å². The number of phenols is 1. The summed E-state index contributed by atoms with van der Waals surface area (Å²) < 4.78 is 6.44. The summed E-state index contributed by atoms with van der Waals surface area (Å²) >= 11 is 2.19. The van der Waals surface area contributed by atoms with E-state index in [9.17, 15) is 9.90 Å². The Bertz CT molecular complexity index is 569. The molecule has 0 unspecified atom stereocenters. The Labute approximate surface area is 124 Å². The van der Waals surface area contributed by atoms with Gasteiger partial charge in [0.15, 0.2) is 6.61 Å². The zero-order chi connectivity index (χ0) is 13.7. The topological polar surface area (TPSA) is 58.6 Å². The molecule has 0 saturated carbocycles. The summed E-state index contributed by atoms with van der Waals surface area (Å²) in [5.74, 6) is 0.345. The van der Waals surface area contributed by atoms with Crippen LogP contribution in [0.25, 0.3) is 0 Å². The first kappa shape index (κ1) is 13.7. The molecule has 2 aromatic rings. The van der Waals surface area contributed by atoms with Gasteiger partial charge in [-0.15, -0.1) is 0 Å². The molecule has 0 aromatic heterocycles. The Balaban J connectivity index is 1.88. The largest absolute Gasteiger partial charge is 0.506 e. The number of hydrogen-bond acceptors (Lipinski definition) is 3. The van der Waals surface area contributed by atoms with E-state index in [-0.39, 0.29) is 18.3 Å². The van der Waals surface area contributed by atoms with Gasteiger partial charge in [0.2, 0.25) is 0 Å². The molecule has 4 nitrogen and oxygen atoms in total. The highest BCUT2D eigenvalue weighted by atomic mass is 127. The molecule has 0 fully saturated rings. The molecule has 0 saturated heterocycles. The van der Waals surface area contributed by atoms with Gasteiger partial charge in [-0.3, -0.25) is 4.79 Å². The summed E-state index contributed by atoms with van der Waals surface area (Å²) in [6.07, 6.45) is 0. The van der Waals surface area contributed by atoms with E-state index in [1.807, 2.05) is 12.1 Å². The summed E-state index contributed by atoms with van der Waals surface area (Å²) in [6.45, 7) is -0.102. The van der Waals surface area contributed by atoms with Crippen LogP contribution < -0.4 is 10.1 Å². The maximum atomic E-state index is 11.7. The van der Waals surface area contributed by atoms with Crippen molar-refractivity contribution in [2.75, 3.05) is 11.9 Å². The second-order valence-corrected chi connectivity index (χ2v) is 5.05. The van der Waals surface area contributed by atoms with E-state index in [0.717, 1.165) is 3.57 Å². The van der Waals surface area contributed by atoms with Crippen molar-refractivity contribution in [3.8, 4) is 11.5 Å². The number of rotatable bonds is 4. The number of ether oxygens (including phenoxy) is 1. The van der Waals surface area contributed by atoms with Gasteiger partial charge in [-0.2, -0.15) is 0 Å². The highest BCUT2D eigenvalue weighted by Crippen LogP contribution is 2.21. The van der Waals surface area contributed by atoms with Gasteiger partial charge in [0.05, 0.1) is 5.69 Å². The Hall–Kier alpha value is -1.76. The zero-order valence-electron chi connectivity index (χ0n) is 9.97. The van der Waals surface area contributed by atoms with Crippen molar-refractivity contribution in [2.45, 2.75) is 0 Å². The third-order valence-corrected chi connectivity index (χ3v) is 3.08. The first-order valence-electron chi connectivity index (χ1n) is 5.61. The molecule has 1 amide bonds. The molecule has 2 N–H and O–H groups in total. The second-order valence-electron chi connectivity index (χ2n) is 3.81. The van der Waals surface area contributed by atoms with Crippen LogP contribution in [0, 0.1) is 3.57 Å². The Morgan fingerprint density at radius 2 is 1.84 bits per heavy atom. The van der Waals surface area contributed by atoms with E-state index in [1.54, 1.807) is 30.3 Å². The van der Waals surface area contributed by atoms with Crippen molar-refractivity contribution in [2.24, 2.45) is 0 Å². The maximum Gasteiger partial charge on any atom is 0.262 e. The van der Waals surface area contributed by atoms with Crippen LogP contribution in [0.5, 0.6) is 11.5 Å². The fourth-order valence-electron chi connectivity index (χ4n) is 1.45. The lowest BCUT2D eigenvalue weighted by atomic mass is 10.3. The highest BCUT2D eigenvalue weighted by molar-refractivity contribution is 14.1. The SMILES string of the molecule is O=C(COc1ccc(I)cc1)Nc1ccccc1O. The molecule has 0 radical (unpaired) electrons. The predicted molar refractivity (Wildman–Crippen MR) is 81.4 cm³/mol. The molecule has 2 rings (SSSR count). The standard InChI is InChI=1S/C14H12INO3/c15-10-5-7-11(8-6-10)19-9-14(18)16-12-3-1-2-4-13(12)17/h1-8,17H,9H2,(H,16,18). The minimum atomic E-state index is -0.319. The number of amides is 1. The van der Waals surface area contributed by atoms with Gasteiger partial charge >= 0.3 is 0 Å². The lowest BCUT2D eigenvalue weighted by Gasteiger charge is -2.08. The lowest BCUT2D eigenvalue weighted by molar-refractivity contribution is -0.118. The number of halogens is 1. The first-order chi connectivity index (χ1) is 9.15. The van der Waals surface area contributed by atoms with Crippen molar-refractivity contribution in [3.05, 3.63) is 52.1 Å². The zero-order valence-corrected chi connectivity index (χ0v) is 12.1. The third-order valence-electron chi connectivity index (χ3n) is 2.36. The molecule has 2 aromatic carbocycles. The molecule has 0 heterocycles. The monoisotopic (exact) mass is 369 g/mol. The van der Waals surface area contributed by atoms with Crippen LogP contribution in [0.2, 0.25) is 0 Å². The highest BCUT2D eigenvalue weighted by Gasteiger charge is 2.06. The van der Waals surface area contributed by atoms with Crippen LogP contribution in [-0.2, 0) is 4.79 Å². The van der Waals surface area contributed by atoms with E-state index in [1.165, 1.54) is 6.07 Å². The van der Waals surface area contributed by atoms with E-state index >= 15 is 0 Å². The summed E-state index contributed by atoms with van der Waals surface area (Å²) in [4.78, 5) is 11.7. The molecule has 5 heteroatoms. The molecular weight excluding hydrogens is 357 g/mol. The van der Waals surface area contributed by atoms with Crippen LogP contribution >= 0.6 is 22.6 Å². The van der Waals surface area contributed by atoms with Gasteiger partial charge in [-0.05, 0) is 59.0 Å². The summed E-state index contributed by atoms with van der Waals surface area (Å²) in [6, 6.07) is 14.0. The van der Waals surface area contributed by atoms with E-state index in [4.69, 9.17) is 4.74 Å². The lowest BCUT2D eigenvalue weighted by Crippen LogP contribution is -2.20. The van der Waals surface area contributed by atoms with Crippen molar-refractivity contribution in [1.29, 1.82) is 0 Å². The number of nitrogens with one attached hydrogen (secondary N) is 1. The van der Waals surface area contributed by atoms with Gasteiger partial charge in [0, 0.05) is 3.57 Å². The number of carbonyl (C=O) groups excluding carboxylic acids is 1. The number of carbonyl (C=O) groups is 1. The average Bonchev–Trinajstić information content (AvgIpc) is 2.41. The van der Waals surface area contributed by atoms with Gasteiger partial charge in [0.25, 0.3) is 5.91 Å². The van der Waals surface area contributed by atoms with Crippen LogP contribution in [0.1, 0.15) is 0 Å². The fourth-order valence-corrected chi connectivity index (χ4v) is 1.80. The minimum absolute atomic E-state index is 0.0325. The van der Waals surface area contributed by atoms with E-state index < -0.39 is 0 Å². The van der Waals surface area contributed by atoms with Gasteiger partial charge in [-0.25, -0.2) is 0 Å². The van der Waals surface area contributed by atoms with Gasteiger partial charge in [-0.1, -0.05) is 12.1 Å². The Kier molecular flexibility index (Phi) is 4.62. The molecule has 0 bridgehead atoms. The Morgan fingerprint density at radius 1 is 1.16 bits per heavy atom. The van der Waals surface area contributed by atoms with Crippen LogP contribution in [-0.4, -0.2) is 17.6 Å². The second kappa shape index (κ2) is 6.42.